The number of nitrogens with zero attached hydrogens (tertiary/aromatic N) is 2. The third-order valence-electron chi connectivity index (χ3n) is 8.75. The van der Waals surface area contributed by atoms with Gasteiger partial charge in [-0.05, 0) is 67.1 Å². The molecule has 3 amide bonds. The summed E-state index contributed by atoms with van der Waals surface area (Å²) in [5, 5.41) is 8.33. The van der Waals surface area contributed by atoms with Gasteiger partial charge in [0.2, 0.25) is 12.2 Å². The fourth-order valence-electron chi connectivity index (χ4n) is 7.81. The number of hydrogen-bond donors (Lipinski definition) is 4. The molecule has 3 rings (SSSR count). The molecule has 13 nitrogen and oxygen atoms in total. The third kappa shape index (κ3) is 10.1. The first-order valence-electron chi connectivity index (χ1n) is 15.2. The monoisotopic (exact) mass is 614 g/mol. The minimum Gasteiger partial charge on any atom is -0.449 e. The molecule has 0 bridgehead atoms. The van der Waals surface area contributed by atoms with E-state index in [1.807, 2.05) is 0 Å². The normalized spacial score (nSPS) is 27.2. The summed E-state index contributed by atoms with van der Waals surface area (Å²) in [4.78, 5) is 73.0. The molecular weight excluding hydrogens is 566 g/mol. The van der Waals surface area contributed by atoms with Crippen molar-refractivity contribution >= 4 is 30.2 Å². The van der Waals surface area contributed by atoms with Crippen LogP contribution in [0.5, 0.6) is 0 Å². The van der Waals surface area contributed by atoms with Crippen LogP contribution in [0.3, 0.4) is 0 Å². The van der Waals surface area contributed by atoms with Crippen molar-refractivity contribution in [3.63, 3.8) is 0 Å². The van der Waals surface area contributed by atoms with Crippen LogP contribution in [-0.4, -0.2) is 61.0 Å². The number of anilines is 1. The highest BCUT2D eigenvalue weighted by molar-refractivity contribution is 5.86. The molecule has 4 unspecified atom stereocenters. The number of carbonyl (C=O) groups excluding carboxylic acids is 4. The number of aromatic nitrogens is 2. The summed E-state index contributed by atoms with van der Waals surface area (Å²) in [6.45, 7) is 15.1. The van der Waals surface area contributed by atoms with Gasteiger partial charge in [0, 0.05) is 19.5 Å². The van der Waals surface area contributed by atoms with Gasteiger partial charge >= 0.3 is 23.6 Å². The Labute approximate surface area is 258 Å². The van der Waals surface area contributed by atoms with Crippen LogP contribution >= 0.6 is 0 Å². The summed E-state index contributed by atoms with van der Waals surface area (Å²) >= 11 is 0. The summed E-state index contributed by atoms with van der Waals surface area (Å²) in [5.74, 6) is 0.130. The van der Waals surface area contributed by atoms with E-state index in [0.717, 1.165) is 25.7 Å². The topological polar surface area (TPSA) is 185 Å². The first kappa shape index (κ1) is 34.7. The third-order valence-corrected chi connectivity index (χ3v) is 8.75. The number of rotatable bonds is 10. The van der Waals surface area contributed by atoms with Crippen LogP contribution in [0, 0.1) is 28.6 Å². The second-order valence-corrected chi connectivity index (χ2v) is 15.0. The molecule has 2 aliphatic rings. The van der Waals surface area contributed by atoms with Crippen LogP contribution in [0.15, 0.2) is 14.8 Å². The molecule has 1 heterocycles. The minimum atomic E-state index is -0.586. The predicted molar refractivity (Wildman–Crippen MR) is 164 cm³/mol. The first-order valence-corrected chi connectivity index (χ1v) is 15.2. The Morgan fingerprint density at radius 1 is 0.909 bits per heavy atom. The zero-order valence-electron chi connectivity index (χ0n) is 27.1. The summed E-state index contributed by atoms with van der Waals surface area (Å²) in [6.07, 6.45) is 7.57. The molecule has 0 saturated heterocycles. The van der Waals surface area contributed by atoms with Gasteiger partial charge in [-0.3, -0.25) is 4.79 Å². The number of aliphatic imine (C=N–C) groups is 2. The number of alkyl carbamates (subject to hydrolysis) is 1. The molecule has 1 aromatic heterocycles. The van der Waals surface area contributed by atoms with Crippen molar-refractivity contribution in [3.8, 4) is 0 Å². The second kappa shape index (κ2) is 13.9. The molecule has 5 N–H and O–H groups in total. The molecule has 0 aromatic carbocycles. The van der Waals surface area contributed by atoms with Crippen molar-refractivity contribution in [2.75, 3.05) is 25.0 Å². The van der Waals surface area contributed by atoms with E-state index < -0.39 is 17.7 Å². The fraction of sp³-hybridized carbons (Fsp3) is 0.742. The van der Waals surface area contributed by atoms with Gasteiger partial charge in [0.05, 0.1) is 29.9 Å². The van der Waals surface area contributed by atoms with Gasteiger partial charge in [-0.15, -0.1) is 0 Å². The zero-order valence-corrected chi connectivity index (χ0v) is 27.1. The summed E-state index contributed by atoms with van der Waals surface area (Å²) < 4.78 is 5.34. The Morgan fingerprint density at radius 2 is 1.43 bits per heavy atom. The average Bonchev–Trinajstić information content (AvgIpc) is 2.86. The van der Waals surface area contributed by atoms with Crippen LogP contribution in [0.1, 0.15) is 91.3 Å². The number of urea groups is 1. The highest BCUT2D eigenvalue weighted by atomic mass is 16.5. The van der Waals surface area contributed by atoms with E-state index in [-0.39, 0.29) is 52.7 Å². The molecule has 0 spiro atoms. The van der Waals surface area contributed by atoms with Gasteiger partial charge in [-0.25, -0.2) is 39.1 Å². The molecule has 13 heteroatoms. The lowest BCUT2D eigenvalue weighted by Gasteiger charge is -2.45. The number of hydrogen-bond acceptors (Lipinski definition) is 8. The molecule has 2 fully saturated rings. The van der Waals surface area contributed by atoms with Crippen molar-refractivity contribution in [3.05, 3.63) is 21.6 Å². The SMILES string of the molecule is Cc1[nH+]c(NC(=O)NCC2(C)CC(N=C=O)CC(C)(C)C2)[nH]c(=O)c1CCOC(=O)NCC1(C)CC(N=C=O)CC(C)(C)C1. The number of aryl methyl sites for hydroxylation is 1. The number of isocyanates is 2. The molecule has 0 aliphatic heterocycles. The number of aromatic amines is 2. The van der Waals surface area contributed by atoms with Crippen LogP contribution in [0.4, 0.5) is 15.5 Å². The zero-order chi connectivity index (χ0) is 32.8. The number of amides is 3. The van der Waals surface area contributed by atoms with Crippen LogP contribution in [0.25, 0.3) is 0 Å². The highest BCUT2D eigenvalue weighted by Crippen LogP contribution is 2.47. The van der Waals surface area contributed by atoms with E-state index in [1.54, 1.807) is 19.1 Å². The lowest BCUT2D eigenvalue weighted by atomic mass is 9.62. The summed E-state index contributed by atoms with van der Waals surface area (Å²) in [7, 11) is 0. The number of H-pyrrole nitrogens is 2. The van der Waals surface area contributed by atoms with Crippen LogP contribution in [0.2, 0.25) is 0 Å². The largest absolute Gasteiger partial charge is 0.449 e. The molecule has 44 heavy (non-hydrogen) atoms. The van der Waals surface area contributed by atoms with Crippen LogP contribution in [-0.2, 0) is 20.7 Å². The molecular formula is C31H48N7O6+. The minimum absolute atomic E-state index is 0.0127. The standard InChI is InChI=1S/C31H47N7O6/c1-20-23(8-9-44-27(43)33-17-31(7)13-22(35-19-40)11-29(4,5)15-31)24(41)37-25(36-20)38-26(42)32-16-30(6)12-21(34-18-39)10-28(2,3)14-30/h21-22H,8-17H2,1-7H3,(H,33,43)(H3,32,36,37,38,41,42)/p+1. The number of ether oxygens (including phenoxy) is 1. The lowest BCUT2D eigenvalue weighted by molar-refractivity contribution is -0.375. The molecule has 1 aromatic rings. The molecule has 2 aliphatic carbocycles. The Bertz CT molecular complexity index is 1380. The Morgan fingerprint density at radius 3 is 1.93 bits per heavy atom. The van der Waals surface area contributed by atoms with E-state index >= 15 is 0 Å². The smallest absolute Gasteiger partial charge is 0.407 e. The van der Waals surface area contributed by atoms with E-state index in [0.29, 0.717) is 37.2 Å². The molecule has 242 valence electrons. The van der Waals surface area contributed by atoms with Gasteiger partial charge in [-0.2, -0.15) is 5.32 Å². The maximum atomic E-state index is 12.8. The van der Waals surface area contributed by atoms with E-state index in [2.05, 4.69) is 77.4 Å². The Kier molecular flexibility index (Phi) is 10.9. The van der Waals surface area contributed by atoms with E-state index in [4.69, 9.17) is 4.74 Å². The van der Waals surface area contributed by atoms with Gasteiger partial charge in [-0.1, -0.05) is 41.5 Å². The summed E-state index contributed by atoms with van der Waals surface area (Å²) in [5.41, 5.74) is -0.0430. The van der Waals surface area contributed by atoms with Gasteiger partial charge in [0.1, 0.15) is 0 Å². The van der Waals surface area contributed by atoms with Crippen molar-refractivity contribution < 1.29 is 28.9 Å². The fourth-order valence-corrected chi connectivity index (χ4v) is 7.81. The first-order chi connectivity index (χ1) is 20.5. The van der Waals surface area contributed by atoms with Crippen molar-refractivity contribution in [1.29, 1.82) is 0 Å². The Balaban J connectivity index is 1.49. The molecule has 4 atom stereocenters. The maximum Gasteiger partial charge on any atom is 0.407 e. The molecule has 0 radical (unpaired) electrons. The van der Waals surface area contributed by atoms with E-state index in [9.17, 15) is 24.0 Å². The maximum absolute atomic E-state index is 12.8. The second-order valence-electron chi connectivity index (χ2n) is 15.0. The van der Waals surface area contributed by atoms with Gasteiger partial charge in [0.15, 0.2) is 0 Å². The van der Waals surface area contributed by atoms with Crippen molar-refractivity contribution in [2.45, 2.75) is 105 Å². The highest BCUT2D eigenvalue weighted by Gasteiger charge is 2.42. The number of carbonyl (C=O) groups is 2. The van der Waals surface area contributed by atoms with E-state index in [1.165, 1.54) is 0 Å². The average molecular weight is 615 g/mol. The van der Waals surface area contributed by atoms with Gasteiger partial charge < -0.3 is 15.4 Å². The summed E-state index contributed by atoms with van der Waals surface area (Å²) in [6, 6.07) is -0.743. The predicted octanol–water partition coefficient (Wildman–Crippen LogP) is 3.73. The number of nitrogens with one attached hydrogen (secondary N) is 5. The van der Waals surface area contributed by atoms with Crippen LogP contribution < -0.4 is 26.5 Å². The van der Waals surface area contributed by atoms with Gasteiger partial charge in [0.25, 0.3) is 0 Å². The Hall–Kier alpha value is -3.82. The van der Waals surface area contributed by atoms with Crippen molar-refractivity contribution in [2.24, 2.45) is 31.6 Å². The van der Waals surface area contributed by atoms with Crippen molar-refractivity contribution in [1.82, 2.24) is 15.6 Å². The molecule has 2 saturated carbocycles. The lowest BCUT2D eigenvalue weighted by Crippen LogP contribution is -2.46. The quantitative estimate of drug-likeness (QED) is 0.230.